The van der Waals surface area contributed by atoms with E-state index in [0.29, 0.717) is 0 Å². The molecule has 2 aromatic heterocycles. The molecule has 0 radical (unpaired) electrons. The zero-order valence-corrected chi connectivity index (χ0v) is 14.6. The molecule has 2 aromatic carbocycles. The Morgan fingerprint density at radius 3 is 2.54 bits per heavy atom. The Bertz CT molecular complexity index is 1050. The SMILES string of the molecule is Cc1cc(Nc2cc(C(C)c3ccc(F)cc3)nc3ccccc23)n[nH]1. The molecule has 5 heteroatoms. The molecule has 1 unspecified atom stereocenters. The fraction of sp³-hybridized carbons (Fsp3) is 0.143. The number of benzene rings is 2. The normalized spacial score (nSPS) is 12.3. The fourth-order valence-corrected chi connectivity index (χ4v) is 3.06. The van der Waals surface area contributed by atoms with Crippen LogP contribution in [0.3, 0.4) is 0 Å². The van der Waals surface area contributed by atoms with Gasteiger partial charge < -0.3 is 5.32 Å². The standard InChI is InChI=1S/C21H19FN4/c1-13-11-21(26-25-13)24-20-12-19(23-18-6-4-3-5-17(18)20)14(2)15-7-9-16(22)10-8-15/h3-12,14H,1-2H3,(H2,23,24,25,26). The van der Waals surface area contributed by atoms with Crippen molar-refractivity contribution in [3.63, 3.8) is 0 Å². The van der Waals surface area contributed by atoms with Crippen LogP contribution in [0.15, 0.2) is 60.7 Å². The summed E-state index contributed by atoms with van der Waals surface area (Å²) in [5.41, 5.74) is 4.80. The molecule has 130 valence electrons. The number of halogens is 1. The summed E-state index contributed by atoms with van der Waals surface area (Å²) in [5.74, 6) is 0.574. The van der Waals surface area contributed by atoms with Crippen LogP contribution in [0.4, 0.5) is 15.9 Å². The van der Waals surface area contributed by atoms with Crippen molar-refractivity contribution in [3.05, 3.63) is 83.4 Å². The molecule has 0 aliphatic carbocycles. The molecule has 4 aromatic rings. The topological polar surface area (TPSA) is 53.6 Å². The molecular formula is C21H19FN4. The zero-order valence-electron chi connectivity index (χ0n) is 14.6. The van der Waals surface area contributed by atoms with Crippen molar-refractivity contribution in [2.24, 2.45) is 0 Å². The van der Waals surface area contributed by atoms with Gasteiger partial charge in [0, 0.05) is 23.1 Å². The van der Waals surface area contributed by atoms with E-state index in [1.807, 2.05) is 43.3 Å². The molecule has 26 heavy (non-hydrogen) atoms. The van der Waals surface area contributed by atoms with Crippen molar-refractivity contribution in [2.45, 2.75) is 19.8 Å². The number of rotatable bonds is 4. The number of nitrogens with one attached hydrogen (secondary N) is 2. The van der Waals surface area contributed by atoms with Gasteiger partial charge in [-0.3, -0.25) is 10.1 Å². The molecule has 4 rings (SSSR count). The summed E-state index contributed by atoms with van der Waals surface area (Å²) in [6.45, 7) is 4.04. The molecule has 0 spiro atoms. The molecular weight excluding hydrogens is 327 g/mol. The van der Waals surface area contributed by atoms with Crippen LogP contribution in [0.1, 0.15) is 29.8 Å². The lowest BCUT2D eigenvalue weighted by atomic mass is 9.96. The third-order valence-corrected chi connectivity index (χ3v) is 4.52. The van der Waals surface area contributed by atoms with Crippen molar-refractivity contribution in [2.75, 3.05) is 5.32 Å². The number of hydrogen-bond acceptors (Lipinski definition) is 3. The Hall–Kier alpha value is -3.21. The first-order valence-electron chi connectivity index (χ1n) is 8.54. The van der Waals surface area contributed by atoms with Crippen molar-refractivity contribution in [3.8, 4) is 0 Å². The quantitative estimate of drug-likeness (QED) is 0.527. The van der Waals surface area contributed by atoms with Crippen LogP contribution in [-0.4, -0.2) is 15.2 Å². The first kappa shape index (κ1) is 16.3. The summed E-state index contributed by atoms with van der Waals surface area (Å²) in [6, 6.07) is 18.6. The maximum absolute atomic E-state index is 13.2. The van der Waals surface area contributed by atoms with Crippen LogP contribution in [-0.2, 0) is 0 Å². The van der Waals surface area contributed by atoms with E-state index < -0.39 is 0 Å². The first-order chi connectivity index (χ1) is 12.6. The van der Waals surface area contributed by atoms with E-state index in [9.17, 15) is 4.39 Å². The van der Waals surface area contributed by atoms with E-state index in [1.165, 1.54) is 12.1 Å². The predicted molar refractivity (Wildman–Crippen MR) is 102 cm³/mol. The monoisotopic (exact) mass is 346 g/mol. The number of fused-ring (bicyclic) bond motifs is 1. The molecule has 4 nitrogen and oxygen atoms in total. The number of anilines is 2. The van der Waals surface area contributed by atoms with E-state index in [4.69, 9.17) is 4.98 Å². The highest BCUT2D eigenvalue weighted by molar-refractivity contribution is 5.93. The molecule has 0 saturated heterocycles. The van der Waals surface area contributed by atoms with Gasteiger partial charge in [-0.15, -0.1) is 0 Å². The van der Waals surface area contributed by atoms with Gasteiger partial charge in [0.05, 0.1) is 16.9 Å². The summed E-state index contributed by atoms with van der Waals surface area (Å²) in [6.07, 6.45) is 0. The highest BCUT2D eigenvalue weighted by atomic mass is 19.1. The second kappa shape index (κ2) is 6.59. The molecule has 0 aliphatic heterocycles. The average Bonchev–Trinajstić information content (AvgIpc) is 3.06. The zero-order chi connectivity index (χ0) is 18.1. The minimum atomic E-state index is -0.233. The molecule has 2 heterocycles. The van der Waals surface area contributed by atoms with Crippen LogP contribution in [0.2, 0.25) is 0 Å². The first-order valence-corrected chi connectivity index (χ1v) is 8.54. The van der Waals surface area contributed by atoms with Gasteiger partial charge in [-0.25, -0.2) is 4.39 Å². The van der Waals surface area contributed by atoms with Crippen LogP contribution in [0, 0.1) is 12.7 Å². The third-order valence-electron chi connectivity index (χ3n) is 4.52. The second-order valence-corrected chi connectivity index (χ2v) is 6.45. The van der Waals surface area contributed by atoms with Crippen LogP contribution < -0.4 is 5.32 Å². The Balaban J connectivity index is 1.79. The Labute approximate surface area is 151 Å². The van der Waals surface area contributed by atoms with Gasteiger partial charge in [0.15, 0.2) is 5.82 Å². The Morgan fingerprint density at radius 2 is 1.81 bits per heavy atom. The predicted octanol–water partition coefficient (Wildman–Crippen LogP) is 5.30. The number of aryl methyl sites for hydroxylation is 1. The van der Waals surface area contributed by atoms with E-state index in [0.717, 1.165) is 39.4 Å². The molecule has 0 bridgehead atoms. The highest BCUT2D eigenvalue weighted by Gasteiger charge is 2.14. The summed E-state index contributed by atoms with van der Waals surface area (Å²) >= 11 is 0. The molecule has 0 amide bonds. The fourth-order valence-electron chi connectivity index (χ4n) is 3.06. The van der Waals surface area contributed by atoms with Gasteiger partial charge in [-0.05, 0) is 36.8 Å². The molecule has 2 N–H and O–H groups in total. The summed E-state index contributed by atoms with van der Waals surface area (Å²) in [5, 5.41) is 11.6. The van der Waals surface area contributed by atoms with Gasteiger partial charge in [0.1, 0.15) is 5.82 Å². The highest BCUT2D eigenvalue weighted by Crippen LogP contribution is 2.31. The summed E-state index contributed by atoms with van der Waals surface area (Å²) in [4.78, 5) is 4.82. The van der Waals surface area contributed by atoms with Gasteiger partial charge in [-0.2, -0.15) is 5.10 Å². The van der Waals surface area contributed by atoms with E-state index in [2.05, 4.69) is 22.4 Å². The molecule has 1 atom stereocenters. The lowest BCUT2D eigenvalue weighted by Gasteiger charge is -2.15. The van der Waals surface area contributed by atoms with Crippen LogP contribution >= 0.6 is 0 Å². The van der Waals surface area contributed by atoms with Gasteiger partial charge in [0.25, 0.3) is 0 Å². The van der Waals surface area contributed by atoms with Gasteiger partial charge in [0.2, 0.25) is 0 Å². The van der Waals surface area contributed by atoms with Crippen LogP contribution in [0.5, 0.6) is 0 Å². The number of aromatic amines is 1. The second-order valence-electron chi connectivity index (χ2n) is 6.45. The third kappa shape index (κ3) is 3.16. The van der Waals surface area contributed by atoms with E-state index in [1.54, 1.807) is 12.1 Å². The molecule has 0 fully saturated rings. The maximum atomic E-state index is 13.2. The summed E-state index contributed by atoms with van der Waals surface area (Å²) in [7, 11) is 0. The largest absolute Gasteiger partial charge is 0.338 e. The van der Waals surface area contributed by atoms with E-state index >= 15 is 0 Å². The van der Waals surface area contributed by atoms with Crippen molar-refractivity contribution in [1.29, 1.82) is 0 Å². The summed E-state index contributed by atoms with van der Waals surface area (Å²) < 4.78 is 13.2. The lowest BCUT2D eigenvalue weighted by Crippen LogP contribution is -2.02. The van der Waals surface area contributed by atoms with Crippen molar-refractivity contribution >= 4 is 22.4 Å². The maximum Gasteiger partial charge on any atom is 0.152 e. The average molecular weight is 346 g/mol. The molecule has 0 saturated carbocycles. The van der Waals surface area contributed by atoms with Gasteiger partial charge in [-0.1, -0.05) is 37.3 Å². The Kier molecular flexibility index (Phi) is 4.13. The molecule has 0 aliphatic rings. The number of hydrogen-bond donors (Lipinski definition) is 2. The number of aromatic nitrogens is 3. The van der Waals surface area contributed by atoms with Crippen molar-refractivity contribution < 1.29 is 4.39 Å². The lowest BCUT2D eigenvalue weighted by molar-refractivity contribution is 0.626. The van der Waals surface area contributed by atoms with Crippen molar-refractivity contribution in [1.82, 2.24) is 15.2 Å². The number of pyridine rings is 1. The number of H-pyrrole nitrogens is 1. The minimum Gasteiger partial charge on any atom is -0.338 e. The smallest absolute Gasteiger partial charge is 0.152 e. The van der Waals surface area contributed by atoms with E-state index in [-0.39, 0.29) is 11.7 Å². The Morgan fingerprint density at radius 1 is 1.04 bits per heavy atom. The number of para-hydroxylation sites is 1. The van der Waals surface area contributed by atoms with Crippen LogP contribution in [0.25, 0.3) is 10.9 Å². The number of nitrogens with zero attached hydrogens (tertiary/aromatic N) is 2. The minimum absolute atomic E-state index is 0.0432. The van der Waals surface area contributed by atoms with Gasteiger partial charge >= 0.3 is 0 Å².